The van der Waals surface area contributed by atoms with Gasteiger partial charge in [-0.25, -0.2) is 14.6 Å². The van der Waals surface area contributed by atoms with Crippen molar-refractivity contribution in [1.82, 2.24) is 44.3 Å². The van der Waals surface area contributed by atoms with Gasteiger partial charge < -0.3 is 10.3 Å². The molecule has 5 heterocycles. The summed E-state index contributed by atoms with van der Waals surface area (Å²) in [5.41, 5.74) is 11.1. The van der Waals surface area contributed by atoms with E-state index in [9.17, 15) is 0 Å². The number of nitrogens with zero attached hydrogens (tertiary/aromatic N) is 9. The smallest absolute Gasteiger partial charge is 0.167 e. The van der Waals surface area contributed by atoms with Gasteiger partial charge in [0.15, 0.2) is 11.6 Å². The second-order valence-corrected chi connectivity index (χ2v) is 8.86. The maximum Gasteiger partial charge on any atom is 0.167 e. The Kier molecular flexibility index (Phi) is 4.70. The van der Waals surface area contributed by atoms with Crippen LogP contribution in [-0.4, -0.2) is 44.3 Å². The summed E-state index contributed by atoms with van der Waals surface area (Å²) < 4.78 is 5.47. The Morgan fingerprint density at radius 2 is 1.88 bits per heavy atom. The van der Waals surface area contributed by atoms with Crippen LogP contribution in [0, 0.1) is 0 Å². The molecular weight excluding hydrogens is 452 g/mol. The van der Waals surface area contributed by atoms with Gasteiger partial charge in [-0.3, -0.25) is 4.68 Å². The van der Waals surface area contributed by atoms with E-state index >= 15 is 0 Å². The minimum absolute atomic E-state index is 0.399. The van der Waals surface area contributed by atoms with Crippen LogP contribution in [0.2, 0.25) is 5.02 Å². The molecule has 6 rings (SSSR count). The highest BCUT2D eigenvalue weighted by Gasteiger charge is 2.27. The molecule has 0 aromatic carbocycles. The Hall–Kier alpha value is -4.05. The van der Waals surface area contributed by atoms with Gasteiger partial charge in [-0.05, 0) is 37.1 Å². The number of anilines is 1. The maximum absolute atomic E-state index is 6.36. The molecule has 1 aliphatic carbocycles. The predicted molar refractivity (Wildman–Crippen MR) is 128 cm³/mol. The van der Waals surface area contributed by atoms with Crippen LogP contribution < -0.4 is 5.73 Å². The van der Waals surface area contributed by atoms with Gasteiger partial charge in [0.1, 0.15) is 12.1 Å². The van der Waals surface area contributed by atoms with Gasteiger partial charge in [-0.15, -0.1) is 10.2 Å². The maximum atomic E-state index is 6.36. The number of hydrogen-bond donors (Lipinski definition) is 1. The summed E-state index contributed by atoms with van der Waals surface area (Å²) in [5.74, 6) is 2.30. The van der Waals surface area contributed by atoms with Crippen LogP contribution in [0.5, 0.6) is 0 Å². The first-order valence-corrected chi connectivity index (χ1v) is 11.2. The monoisotopic (exact) mass is 472 g/mol. The van der Waals surface area contributed by atoms with E-state index in [0.717, 1.165) is 46.7 Å². The SMILES string of the molecule is Cn1cnnc1-c1cnn(C)c1-c1cc(C2CC2)nc(-n2cc(-c3nc(N)ccc3Cl)cn2)c1. The van der Waals surface area contributed by atoms with Crippen molar-refractivity contribution in [1.29, 1.82) is 0 Å². The molecule has 0 unspecified atom stereocenters. The zero-order valence-corrected chi connectivity index (χ0v) is 19.3. The second kappa shape index (κ2) is 7.77. The molecule has 0 saturated heterocycles. The molecule has 5 aromatic heterocycles. The molecule has 0 radical (unpaired) electrons. The molecule has 170 valence electrons. The Morgan fingerprint density at radius 3 is 2.65 bits per heavy atom. The Morgan fingerprint density at radius 1 is 1.03 bits per heavy atom. The van der Waals surface area contributed by atoms with Crippen molar-refractivity contribution >= 4 is 17.4 Å². The highest BCUT2D eigenvalue weighted by molar-refractivity contribution is 6.33. The number of pyridine rings is 2. The van der Waals surface area contributed by atoms with E-state index in [0.29, 0.717) is 28.3 Å². The van der Waals surface area contributed by atoms with Gasteiger partial charge in [0.2, 0.25) is 0 Å². The van der Waals surface area contributed by atoms with Crippen molar-refractivity contribution in [2.45, 2.75) is 18.8 Å². The summed E-state index contributed by atoms with van der Waals surface area (Å²) in [5, 5.41) is 17.9. The molecule has 2 N–H and O–H groups in total. The number of nitrogens with two attached hydrogens (primary N) is 1. The molecule has 0 bridgehead atoms. The van der Waals surface area contributed by atoms with Crippen molar-refractivity contribution in [2.75, 3.05) is 5.73 Å². The summed E-state index contributed by atoms with van der Waals surface area (Å²) in [6.45, 7) is 0. The van der Waals surface area contributed by atoms with Gasteiger partial charge in [0.05, 0.1) is 34.4 Å². The van der Waals surface area contributed by atoms with E-state index in [1.807, 2.05) is 41.8 Å². The molecule has 0 amide bonds. The van der Waals surface area contributed by atoms with Crippen molar-refractivity contribution in [3.63, 3.8) is 0 Å². The highest BCUT2D eigenvalue weighted by atomic mass is 35.5. The van der Waals surface area contributed by atoms with Crippen LogP contribution in [-0.2, 0) is 14.1 Å². The molecule has 1 fully saturated rings. The van der Waals surface area contributed by atoms with Gasteiger partial charge in [0, 0.05) is 43.0 Å². The quantitative estimate of drug-likeness (QED) is 0.414. The minimum atomic E-state index is 0.399. The van der Waals surface area contributed by atoms with Crippen LogP contribution in [0.3, 0.4) is 0 Å². The average Bonchev–Trinajstić information content (AvgIpc) is 3.21. The molecule has 10 nitrogen and oxygen atoms in total. The lowest BCUT2D eigenvalue weighted by Gasteiger charge is -2.11. The molecule has 0 atom stereocenters. The van der Waals surface area contributed by atoms with E-state index < -0.39 is 0 Å². The van der Waals surface area contributed by atoms with E-state index in [-0.39, 0.29) is 0 Å². The zero-order chi connectivity index (χ0) is 23.4. The third-order valence-corrected chi connectivity index (χ3v) is 6.26. The lowest BCUT2D eigenvalue weighted by atomic mass is 10.1. The van der Waals surface area contributed by atoms with E-state index in [2.05, 4.69) is 31.4 Å². The lowest BCUT2D eigenvalue weighted by molar-refractivity contribution is 0.774. The lowest BCUT2D eigenvalue weighted by Crippen LogP contribution is -2.04. The molecule has 34 heavy (non-hydrogen) atoms. The fourth-order valence-corrected chi connectivity index (χ4v) is 4.29. The number of aromatic nitrogens is 9. The van der Waals surface area contributed by atoms with Crippen molar-refractivity contribution in [2.24, 2.45) is 14.1 Å². The number of nitrogen functional groups attached to an aromatic ring is 1. The molecule has 1 aliphatic rings. The van der Waals surface area contributed by atoms with Gasteiger partial charge in [-0.1, -0.05) is 11.6 Å². The fourth-order valence-electron chi connectivity index (χ4n) is 4.08. The number of hydrogen-bond acceptors (Lipinski definition) is 7. The topological polar surface area (TPSA) is 118 Å². The molecule has 1 saturated carbocycles. The first-order chi connectivity index (χ1) is 16.5. The highest BCUT2D eigenvalue weighted by Crippen LogP contribution is 2.41. The van der Waals surface area contributed by atoms with E-state index in [4.69, 9.17) is 22.3 Å². The molecule has 0 aliphatic heterocycles. The Bertz CT molecular complexity index is 1520. The number of halogens is 1. The summed E-state index contributed by atoms with van der Waals surface area (Å²) in [4.78, 5) is 9.29. The fraction of sp³-hybridized carbons (Fsp3) is 0.217. The van der Waals surface area contributed by atoms with Crippen LogP contribution in [0.15, 0.2) is 49.2 Å². The summed E-state index contributed by atoms with van der Waals surface area (Å²) in [7, 11) is 3.84. The third-order valence-electron chi connectivity index (χ3n) is 5.95. The van der Waals surface area contributed by atoms with Crippen molar-refractivity contribution < 1.29 is 0 Å². The standard InChI is InChI=1S/C23H21ClN10/c1-32-12-26-31-23(32)16-10-27-33(2)22(16)14-7-18(13-3-4-13)29-20(8-14)34-11-15(9-28-34)21-17(24)5-6-19(25)30-21/h5-13H,3-4H2,1-2H3,(H2,25,30). The van der Waals surface area contributed by atoms with Crippen LogP contribution in [0.4, 0.5) is 5.82 Å². The van der Waals surface area contributed by atoms with Crippen molar-refractivity contribution in [3.05, 3.63) is 59.9 Å². The molecule has 5 aromatic rings. The van der Waals surface area contributed by atoms with Gasteiger partial charge in [-0.2, -0.15) is 10.2 Å². The third kappa shape index (κ3) is 3.52. The predicted octanol–water partition coefficient (Wildman–Crippen LogP) is 3.64. The average molecular weight is 473 g/mol. The van der Waals surface area contributed by atoms with Crippen LogP contribution >= 0.6 is 11.6 Å². The van der Waals surface area contributed by atoms with Crippen LogP contribution in [0.25, 0.3) is 39.7 Å². The normalized spacial score (nSPS) is 13.5. The second-order valence-electron chi connectivity index (χ2n) is 8.45. The first-order valence-electron chi connectivity index (χ1n) is 10.8. The summed E-state index contributed by atoms with van der Waals surface area (Å²) >= 11 is 6.36. The van der Waals surface area contributed by atoms with E-state index in [1.54, 1.807) is 29.3 Å². The van der Waals surface area contributed by atoms with Gasteiger partial charge in [0.25, 0.3) is 0 Å². The molecule has 11 heteroatoms. The van der Waals surface area contributed by atoms with Crippen LogP contribution in [0.1, 0.15) is 24.5 Å². The Balaban J connectivity index is 1.48. The first kappa shape index (κ1) is 20.5. The largest absolute Gasteiger partial charge is 0.384 e. The summed E-state index contributed by atoms with van der Waals surface area (Å²) in [6.07, 6.45) is 9.34. The molecular formula is C23H21ClN10. The summed E-state index contributed by atoms with van der Waals surface area (Å²) in [6, 6.07) is 7.55. The van der Waals surface area contributed by atoms with E-state index in [1.165, 1.54) is 0 Å². The van der Waals surface area contributed by atoms with Crippen molar-refractivity contribution in [3.8, 4) is 39.7 Å². The zero-order valence-electron chi connectivity index (χ0n) is 18.6. The number of aryl methyl sites for hydroxylation is 2. The minimum Gasteiger partial charge on any atom is -0.384 e. The Labute approximate surface area is 200 Å². The number of rotatable bonds is 5. The molecule has 0 spiro atoms. The van der Waals surface area contributed by atoms with Gasteiger partial charge >= 0.3 is 0 Å².